The summed E-state index contributed by atoms with van der Waals surface area (Å²) in [5.74, 6) is -0.779. The SMILES string of the molecule is Cn1cc(CNC(=O)c2cccc(NC(=O)CC3SC(N4CCCCC4)=NC3=O)c2)cn1. The number of amides is 3. The number of aromatic nitrogens is 2. The van der Waals surface area contributed by atoms with Gasteiger partial charge in [0.1, 0.15) is 5.25 Å². The Bertz CT molecular complexity index is 1040. The van der Waals surface area contributed by atoms with Gasteiger partial charge in [0, 0.05) is 56.1 Å². The molecule has 2 aromatic rings. The van der Waals surface area contributed by atoms with E-state index in [2.05, 4.69) is 25.6 Å². The number of benzene rings is 1. The van der Waals surface area contributed by atoms with Gasteiger partial charge in [-0.1, -0.05) is 17.8 Å². The maximum Gasteiger partial charge on any atom is 0.262 e. The first kappa shape index (κ1) is 22.1. The number of amidine groups is 1. The Kier molecular flexibility index (Phi) is 6.89. The van der Waals surface area contributed by atoms with Crippen molar-refractivity contribution in [3.8, 4) is 0 Å². The van der Waals surface area contributed by atoms with E-state index in [4.69, 9.17) is 0 Å². The van der Waals surface area contributed by atoms with Crippen LogP contribution in [0.2, 0.25) is 0 Å². The summed E-state index contributed by atoms with van der Waals surface area (Å²) < 4.78 is 1.67. The molecule has 32 heavy (non-hydrogen) atoms. The second kappa shape index (κ2) is 9.99. The van der Waals surface area contributed by atoms with Crippen LogP contribution in [0, 0.1) is 0 Å². The molecule has 2 aliphatic heterocycles. The summed E-state index contributed by atoms with van der Waals surface area (Å²) in [6.45, 7) is 2.19. The van der Waals surface area contributed by atoms with E-state index in [1.807, 2.05) is 13.2 Å². The number of nitrogens with one attached hydrogen (secondary N) is 2. The van der Waals surface area contributed by atoms with Crippen molar-refractivity contribution in [3.05, 3.63) is 47.8 Å². The van der Waals surface area contributed by atoms with Crippen molar-refractivity contribution in [1.29, 1.82) is 0 Å². The summed E-state index contributed by atoms with van der Waals surface area (Å²) >= 11 is 1.37. The van der Waals surface area contributed by atoms with E-state index >= 15 is 0 Å². The van der Waals surface area contributed by atoms with Crippen LogP contribution in [0.15, 0.2) is 41.7 Å². The molecule has 1 unspecified atom stereocenters. The molecule has 2 N–H and O–H groups in total. The molecule has 9 nitrogen and oxygen atoms in total. The number of hydrogen-bond donors (Lipinski definition) is 2. The molecule has 0 aliphatic carbocycles. The van der Waals surface area contributed by atoms with Crippen LogP contribution in [-0.2, 0) is 23.2 Å². The highest BCUT2D eigenvalue weighted by molar-refractivity contribution is 8.15. The first-order valence-corrected chi connectivity index (χ1v) is 11.6. The van der Waals surface area contributed by atoms with Crippen molar-refractivity contribution in [2.24, 2.45) is 12.0 Å². The lowest BCUT2D eigenvalue weighted by Crippen LogP contribution is -2.33. The molecule has 0 saturated carbocycles. The second-order valence-electron chi connectivity index (χ2n) is 7.92. The molecule has 0 radical (unpaired) electrons. The van der Waals surface area contributed by atoms with Crippen LogP contribution in [0.3, 0.4) is 0 Å². The number of anilines is 1. The van der Waals surface area contributed by atoms with Gasteiger partial charge in [0.15, 0.2) is 5.17 Å². The molecule has 3 heterocycles. The average molecular weight is 455 g/mol. The zero-order valence-corrected chi connectivity index (χ0v) is 18.7. The van der Waals surface area contributed by atoms with Crippen LogP contribution in [0.1, 0.15) is 41.6 Å². The van der Waals surface area contributed by atoms with Gasteiger partial charge in [0.2, 0.25) is 5.91 Å². The molecule has 1 atom stereocenters. The molecule has 0 spiro atoms. The van der Waals surface area contributed by atoms with Crippen molar-refractivity contribution in [2.45, 2.75) is 37.5 Å². The van der Waals surface area contributed by atoms with Crippen molar-refractivity contribution in [2.75, 3.05) is 18.4 Å². The summed E-state index contributed by atoms with van der Waals surface area (Å²) in [6.07, 6.45) is 6.98. The highest BCUT2D eigenvalue weighted by Gasteiger charge is 2.33. The summed E-state index contributed by atoms with van der Waals surface area (Å²) in [7, 11) is 1.82. The highest BCUT2D eigenvalue weighted by atomic mass is 32.2. The number of piperidine rings is 1. The van der Waals surface area contributed by atoms with Crippen LogP contribution in [0.4, 0.5) is 5.69 Å². The fraction of sp³-hybridized carbons (Fsp3) is 0.409. The van der Waals surface area contributed by atoms with E-state index in [0.717, 1.165) is 36.7 Å². The van der Waals surface area contributed by atoms with Crippen LogP contribution in [0.25, 0.3) is 0 Å². The number of thioether (sulfide) groups is 1. The number of aryl methyl sites for hydroxylation is 1. The molecule has 1 saturated heterocycles. The number of likely N-dealkylation sites (tertiary alicyclic amines) is 1. The predicted octanol–water partition coefficient (Wildman–Crippen LogP) is 2.16. The number of hydrogen-bond acceptors (Lipinski definition) is 6. The molecule has 1 aromatic heterocycles. The van der Waals surface area contributed by atoms with Gasteiger partial charge in [-0.25, -0.2) is 0 Å². The van der Waals surface area contributed by atoms with Crippen LogP contribution >= 0.6 is 11.8 Å². The molecule has 1 fully saturated rings. The van der Waals surface area contributed by atoms with E-state index in [9.17, 15) is 14.4 Å². The zero-order chi connectivity index (χ0) is 22.5. The van der Waals surface area contributed by atoms with Gasteiger partial charge in [0.25, 0.3) is 11.8 Å². The standard InChI is InChI=1S/C22H26N6O3S/c1-27-14-15(13-24-27)12-23-20(30)16-6-5-7-17(10-16)25-19(29)11-18-21(31)26-22(32-18)28-8-3-2-4-9-28/h5-7,10,13-14,18H,2-4,8-9,11-12H2,1H3,(H,23,30)(H,25,29). The molecular formula is C22H26N6O3S. The maximum absolute atomic E-state index is 12.5. The van der Waals surface area contributed by atoms with E-state index < -0.39 is 5.25 Å². The molecule has 1 aromatic carbocycles. The minimum Gasteiger partial charge on any atom is -0.351 e. The third-order valence-corrected chi connectivity index (χ3v) is 6.56. The Morgan fingerprint density at radius 1 is 1.22 bits per heavy atom. The van der Waals surface area contributed by atoms with Gasteiger partial charge in [-0.2, -0.15) is 10.1 Å². The fourth-order valence-corrected chi connectivity index (χ4v) is 4.81. The van der Waals surface area contributed by atoms with Gasteiger partial charge in [-0.3, -0.25) is 19.1 Å². The van der Waals surface area contributed by atoms with Crippen LogP contribution < -0.4 is 10.6 Å². The number of carbonyl (C=O) groups excluding carboxylic acids is 3. The second-order valence-corrected chi connectivity index (χ2v) is 9.09. The van der Waals surface area contributed by atoms with Crippen molar-refractivity contribution in [1.82, 2.24) is 20.0 Å². The normalized spacial score (nSPS) is 18.4. The molecule has 168 valence electrons. The fourth-order valence-electron chi connectivity index (χ4n) is 3.70. The minimum atomic E-state index is -0.502. The minimum absolute atomic E-state index is 0.0434. The van der Waals surface area contributed by atoms with E-state index in [1.54, 1.807) is 35.1 Å². The summed E-state index contributed by atoms with van der Waals surface area (Å²) in [4.78, 5) is 43.6. The molecule has 2 aliphatic rings. The monoisotopic (exact) mass is 454 g/mol. The van der Waals surface area contributed by atoms with Gasteiger partial charge in [0.05, 0.1) is 6.20 Å². The van der Waals surface area contributed by atoms with Gasteiger partial charge in [-0.15, -0.1) is 0 Å². The molecule has 0 bridgehead atoms. The largest absolute Gasteiger partial charge is 0.351 e. The smallest absolute Gasteiger partial charge is 0.262 e. The van der Waals surface area contributed by atoms with Crippen LogP contribution in [0.5, 0.6) is 0 Å². The third-order valence-electron chi connectivity index (χ3n) is 5.35. The lowest BCUT2D eigenvalue weighted by molar-refractivity contribution is -0.121. The summed E-state index contributed by atoms with van der Waals surface area (Å²) in [5, 5.41) is 9.94. The first-order chi connectivity index (χ1) is 15.5. The average Bonchev–Trinajstić information content (AvgIpc) is 3.38. The quantitative estimate of drug-likeness (QED) is 0.693. The van der Waals surface area contributed by atoms with Crippen molar-refractivity contribution >= 4 is 40.3 Å². The zero-order valence-electron chi connectivity index (χ0n) is 17.9. The highest BCUT2D eigenvalue weighted by Crippen LogP contribution is 2.29. The van der Waals surface area contributed by atoms with E-state index in [1.165, 1.54) is 18.2 Å². The lowest BCUT2D eigenvalue weighted by Gasteiger charge is -2.27. The van der Waals surface area contributed by atoms with E-state index in [0.29, 0.717) is 17.8 Å². The number of nitrogens with zero attached hydrogens (tertiary/aromatic N) is 4. The van der Waals surface area contributed by atoms with Crippen molar-refractivity contribution in [3.63, 3.8) is 0 Å². The Morgan fingerprint density at radius 3 is 2.78 bits per heavy atom. The molecule has 10 heteroatoms. The van der Waals surface area contributed by atoms with Crippen LogP contribution in [-0.4, -0.2) is 55.9 Å². The Balaban J connectivity index is 1.29. The first-order valence-electron chi connectivity index (χ1n) is 10.7. The van der Waals surface area contributed by atoms with Gasteiger partial charge in [-0.05, 0) is 37.5 Å². The van der Waals surface area contributed by atoms with Gasteiger partial charge < -0.3 is 15.5 Å². The summed E-state index contributed by atoms with van der Waals surface area (Å²) in [6, 6.07) is 6.73. The molecular weight excluding hydrogens is 428 g/mol. The van der Waals surface area contributed by atoms with E-state index in [-0.39, 0.29) is 24.1 Å². The third kappa shape index (κ3) is 5.56. The number of aliphatic imine (C=N–C) groups is 1. The Labute approximate surface area is 190 Å². The lowest BCUT2D eigenvalue weighted by atomic mass is 10.1. The Morgan fingerprint density at radius 2 is 2.03 bits per heavy atom. The maximum atomic E-state index is 12.5. The molecule has 4 rings (SSSR count). The Hall–Kier alpha value is -3.14. The summed E-state index contributed by atoms with van der Waals surface area (Å²) in [5.41, 5.74) is 1.85. The van der Waals surface area contributed by atoms with Gasteiger partial charge >= 0.3 is 0 Å². The van der Waals surface area contributed by atoms with Crippen molar-refractivity contribution < 1.29 is 14.4 Å². The number of rotatable bonds is 6. The molecule has 3 amide bonds. The predicted molar refractivity (Wildman–Crippen MR) is 123 cm³/mol. The number of carbonyl (C=O) groups is 3. The topological polar surface area (TPSA) is 109 Å².